The third-order valence-corrected chi connectivity index (χ3v) is 3.67. The Morgan fingerprint density at radius 3 is 2.76 bits per heavy atom. The zero-order chi connectivity index (χ0) is 14.7. The molecule has 0 unspecified atom stereocenters. The number of nitrogens with one attached hydrogen (secondary N) is 1. The van der Waals surface area contributed by atoms with Crippen molar-refractivity contribution in [2.45, 2.75) is 19.4 Å². The van der Waals surface area contributed by atoms with Crippen molar-refractivity contribution in [1.82, 2.24) is 0 Å². The number of carbonyl (C=O) groups is 1. The van der Waals surface area contributed by atoms with E-state index in [1.807, 2.05) is 30.3 Å². The van der Waals surface area contributed by atoms with E-state index in [-0.39, 0.29) is 11.7 Å². The molecule has 1 aliphatic heterocycles. The predicted octanol–water partition coefficient (Wildman–Crippen LogP) is 3.56. The molecule has 1 fully saturated rings. The maximum Gasteiger partial charge on any atom is 0.227 e. The van der Waals surface area contributed by atoms with E-state index in [9.17, 15) is 9.18 Å². The van der Waals surface area contributed by atoms with Gasteiger partial charge in [0.15, 0.2) is 0 Å². The molecular formula is C17H17FN2O. The Morgan fingerprint density at radius 1 is 1.14 bits per heavy atom. The molecule has 0 spiro atoms. The zero-order valence-electron chi connectivity index (χ0n) is 11.7. The molecule has 2 aromatic carbocycles. The summed E-state index contributed by atoms with van der Waals surface area (Å²) in [6, 6.07) is 14.4. The summed E-state index contributed by atoms with van der Waals surface area (Å²) in [6.07, 6.45) is 1.53. The van der Waals surface area contributed by atoms with Crippen LogP contribution in [0.2, 0.25) is 0 Å². The molecule has 21 heavy (non-hydrogen) atoms. The van der Waals surface area contributed by atoms with Gasteiger partial charge in [-0.2, -0.15) is 0 Å². The van der Waals surface area contributed by atoms with Gasteiger partial charge in [0.1, 0.15) is 5.82 Å². The van der Waals surface area contributed by atoms with Gasteiger partial charge in [-0.05, 0) is 30.7 Å². The lowest BCUT2D eigenvalue weighted by Crippen LogP contribution is -2.23. The average molecular weight is 284 g/mol. The molecule has 3 rings (SSSR count). The Hall–Kier alpha value is -2.36. The molecule has 1 N–H and O–H groups in total. The molecule has 0 atom stereocenters. The van der Waals surface area contributed by atoms with Gasteiger partial charge in [-0.3, -0.25) is 4.79 Å². The van der Waals surface area contributed by atoms with Gasteiger partial charge in [-0.1, -0.05) is 24.3 Å². The topological polar surface area (TPSA) is 32.3 Å². The SMILES string of the molecule is O=C1CCCN1c1cccc(NCc2ccccc2F)c1. The normalized spacial score (nSPS) is 14.5. The number of halogens is 1. The van der Waals surface area contributed by atoms with Crippen molar-refractivity contribution in [2.24, 2.45) is 0 Å². The zero-order valence-corrected chi connectivity index (χ0v) is 11.7. The number of anilines is 2. The first-order chi connectivity index (χ1) is 10.2. The first kappa shape index (κ1) is 13.6. The molecule has 4 heteroatoms. The first-order valence-corrected chi connectivity index (χ1v) is 7.12. The van der Waals surface area contributed by atoms with Crippen LogP contribution in [0, 0.1) is 5.82 Å². The molecular weight excluding hydrogens is 267 g/mol. The van der Waals surface area contributed by atoms with Crippen LogP contribution in [0.5, 0.6) is 0 Å². The Labute approximate surface area is 123 Å². The van der Waals surface area contributed by atoms with Crippen LogP contribution in [0.4, 0.5) is 15.8 Å². The van der Waals surface area contributed by atoms with Crippen molar-refractivity contribution < 1.29 is 9.18 Å². The summed E-state index contributed by atoms with van der Waals surface area (Å²) in [5.74, 6) is -0.0443. The van der Waals surface area contributed by atoms with Crippen LogP contribution in [0.15, 0.2) is 48.5 Å². The van der Waals surface area contributed by atoms with E-state index in [1.165, 1.54) is 6.07 Å². The summed E-state index contributed by atoms with van der Waals surface area (Å²) in [5, 5.41) is 3.20. The van der Waals surface area contributed by atoms with E-state index < -0.39 is 0 Å². The molecule has 1 aliphatic rings. The molecule has 1 heterocycles. The van der Waals surface area contributed by atoms with Crippen LogP contribution in [0.25, 0.3) is 0 Å². The Kier molecular flexibility index (Phi) is 3.86. The minimum Gasteiger partial charge on any atom is -0.381 e. The largest absolute Gasteiger partial charge is 0.381 e. The number of hydrogen-bond donors (Lipinski definition) is 1. The van der Waals surface area contributed by atoms with Crippen LogP contribution in [0.1, 0.15) is 18.4 Å². The van der Waals surface area contributed by atoms with Crippen LogP contribution in [0.3, 0.4) is 0 Å². The number of rotatable bonds is 4. The first-order valence-electron chi connectivity index (χ1n) is 7.12. The van der Waals surface area contributed by atoms with E-state index >= 15 is 0 Å². The number of hydrogen-bond acceptors (Lipinski definition) is 2. The number of benzene rings is 2. The predicted molar refractivity (Wildman–Crippen MR) is 81.8 cm³/mol. The van der Waals surface area contributed by atoms with E-state index in [4.69, 9.17) is 0 Å². The Morgan fingerprint density at radius 2 is 2.00 bits per heavy atom. The molecule has 3 nitrogen and oxygen atoms in total. The third kappa shape index (κ3) is 3.05. The van der Waals surface area contributed by atoms with Gasteiger partial charge >= 0.3 is 0 Å². The van der Waals surface area contributed by atoms with Crippen molar-refractivity contribution in [3.05, 3.63) is 59.9 Å². The fourth-order valence-electron chi connectivity index (χ4n) is 2.54. The molecule has 0 bridgehead atoms. The van der Waals surface area contributed by atoms with E-state index in [1.54, 1.807) is 17.0 Å². The number of amides is 1. The van der Waals surface area contributed by atoms with Gasteiger partial charge in [0, 0.05) is 36.4 Å². The van der Waals surface area contributed by atoms with Crippen LogP contribution in [-0.4, -0.2) is 12.5 Å². The Balaban J connectivity index is 1.72. The van der Waals surface area contributed by atoms with Gasteiger partial charge in [0.2, 0.25) is 5.91 Å². The minimum absolute atomic E-state index is 0.168. The maximum absolute atomic E-state index is 13.6. The summed E-state index contributed by atoms with van der Waals surface area (Å²) in [4.78, 5) is 13.6. The highest BCUT2D eigenvalue weighted by Crippen LogP contribution is 2.24. The smallest absolute Gasteiger partial charge is 0.227 e. The van der Waals surface area contributed by atoms with Gasteiger partial charge in [-0.15, -0.1) is 0 Å². The molecule has 0 radical (unpaired) electrons. The highest BCUT2D eigenvalue weighted by Gasteiger charge is 2.21. The lowest BCUT2D eigenvalue weighted by atomic mass is 10.2. The van der Waals surface area contributed by atoms with Crippen molar-refractivity contribution in [2.75, 3.05) is 16.8 Å². The lowest BCUT2D eigenvalue weighted by Gasteiger charge is -2.17. The second-order valence-corrected chi connectivity index (χ2v) is 5.14. The summed E-state index contributed by atoms with van der Waals surface area (Å²) >= 11 is 0. The quantitative estimate of drug-likeness (QED) is 0.931. The molecule has 108 valence electrons. The summed E-state index contributed by atoms with van der Waals surface area (Å²) < 4.78 is 13.6. The van der Waals surface area contributed by atoms with Gasteiger partial charge in [0.25, 0.3) is 0 Å². The minimum atomic E-state index is -0.212. The van der Waals surface area contributed by atoms with Crippen molar-refractivity contribution in [3.63, 3.8) is 0 Å². The molecule has 1 saturated heterocycles. The number of nitrogens with zero attached hydrogens (tertiary/aromatic N) is 1. The van der Waals surface area contributed by atoms with Gasteiger partial charge in [0.05, 0.1) is 0 Å². The maximum atomic E-state index is 13.6. The second kappa shape index (κ2) is 5.95. The fourth-order valence-corrected chi connectivity index (χ4v) is 2.54. The fraction of sp³-hybridized carbons (Fsp3) is 0.235. The second-order valence-electron chi connectivity index (χ2n) is 5.14. The third-order valence-electron chi connectivity index (χ3n) is 3.67. The van der Waals surface area contributed by atoms with Crippen molar-refractivity contribution in [3.8, 4) is 0 Å². The highest BCUT2D eigenvalue weighted by atomic mass is 19.1. The number of carbonyl (C=O) groups excluding carboxylic acids is 1. The van der Waals surface area contributed by atoms with Crippen molar-refractivity contribution >= 4 is 17.3 Å². The van der Waals surface area contributed by atoms with Crippen LogP contribution in [-0.2, 0) is 11.3 Å². The van der Waals surface area contributed by atoms with Crippen molar-refractivity contribution in [1.29, 1.82) is 0 Å². The average Bonchev–Trinajstić information content (AvgIpc) is 2.93. The summed E-state index contributed by atoms with van der Waals surface area (Å²) in [5.41, 5.74) is 2.41. The van der Waals surface area contributed by atoms with Crippen LogP contribution >= 0.6 is 0 Å². The monoisotopic (exact) mass is 284 g/mol. The van der Waals surface area contributed by atoms with E-state index in [2.05, 4.69) is 5.32 Å². The highest BCUT2D eigenvalue weighted by molar-refractivity contribution is 5.95. The Bertz CT molecular complexity index is 657. The van der Waals surface area contributed by atoms with Gasteiger partial charge < -0.3 is 10.2 Å². The molecule has 2 aromatic rings. The summed E-state index contributed by atoms with van der Waals surface area (Å²) in [6.45, 7) is 1.19. The molecule has 0 aromatic heterocycles. The van der Waals surface area contributed by atoms with E-state index in [0.717, 1.165) is 24.3 Å². The lowest BCUT2D eigenvalue weighted by molar-refractivity contribution is -0.117. The molecule has 0 saturated carbocycles. The van der Waals surface area contributed by atoms with E-state index in [0.29, 0.717) is 18.5 Å². The standard InChI is InChI=1S/C17H17FN2O/c18-16-8-2-1-5-13(16)12-19-14-6-3-7-15(11-14)20-10-4-9-17(20)21/h1-3,5-8,11,19H,4,9-10,12H2. The van der Waals surface area contributed by atoms with Gasteiger partial charge in [-0.25, -0.2) is 4.39 Å². The molecule has 0 aliphatic carbocycles. The summed E-state index contributed by atoms with van der Waals surface area (Å²) in [7, 11) is 0. The van der Waals surface area contributed by atoms with Crippen LogP contribution < -0.4 is 10.2 Å². The molecule has 1 amide bonds.